The van der Waals surface area contributed by atoms with Crippen molar-refractivity contribution in [3.05, 3.63) is 170 Å². The monoisotopic (exact) mass is 680 g/mol. The molecule has 248 valence electrons. The summed E-state index contributed by atoms with van der Waals surface area (Å²) in [5, 5.41) is 4.07. The molecule has 0 fully saturated rings. The number of hydrogen-bond acceptors (Lipinski definition) is 5. The van der Waals surface area contributed by atoms with E-state index in [1.807, 2.05) is 72.8 Å². The Balaban J connectivity index is 1.24. The molecule has 0 radical (unpaired) electrons. The zero-order chi connectivity index (χ0) is 34.9. The second-order valence-electron chi connectivity index (χ2n) is 13.1. The summed E-state index contributed by atoms with van der Waals surface area (Å²) in [6.07, 6.45) is 0. The standard InChI is InChI=1S/C46H28N6O/c1-5-15-29(16-6-1)43-48-44(30-17-7-2-8-18-30)50-46(49-43)52-36-24-14-13-23-33(36)34-25-26-35-39-38(53-42(35)41(34)52)28-27-37-40(39)47-45(31-19-9-3-10-20-31)51(37)32-21-11-4-12-22-32/h1-28H. The van der Waals surface area contributed by atoms with Crippen molar-refractivity contribution in [1.82, 2.24) is 29.1 Å². The Labute approximate surface area is 303 Å². The lowest BCUT2D eigenvalue weighted by atomic mass is 10.1. The Hall–Kier alpha value is -7.38. The Bertz CT molecular complexity index is 3090. The minimum Gasteiger partial charge on any atom is -0.454 e. The maximum atomic E-state index is 6.91. The topological polar surface area (TPSA) is 74.6 Å². The molecule has 7 aromatic carbocycles. The van der Waals surface area contributed by atoms with E-state index in [1.165, 1.54) is 0 Å². The van der Waals surface area contributed by atoms with Gasteiger partial charge in [0.05, 0.1) is 16.4 Å². The highest BCUT2D eigenvalue weighted by Crippen LogP contribution is 2.43. The number of nitrogens with zero attached hydrogens (tertiary/aromatic N) is 6. The van der Waals surface area contributed by atoms with Crippen molar-refractivity contribution in [3.63, 3.8) is 0 Å². The molecule has 0 spiro atoms. The van der Waals surface area contributed by atoms with Gasteiger partial charge in [0.15, 0.2) is 17.2 Å². The lowest BCUT2D eigenvalue weighted by Crippen LogP contribution is -2.06. The van der Waals surface area contributed by atoms with E-state index < -0.39 is 0 Å². The van der Waals surface area contributed by atoms with Crippen molar-refractivity contribution in [2.24, 2.45) is 0 Å². The molecule has 11 rings (SSSR count). The van der Waals surface area contributed by atoms with Crippen LogP contribution in [0.15, 0.2) is 174 Å². The fraction of sp³-hybridized carbons (Fsp3) is 0. The molecular formula is C46H28N6O. The molecule has 11 aromatic rings. The molecule has 4 heterocycles. The van der Waals surface area contributed by atoms with Gasteiger partial charge >= 0.3 is 0 Å². The molecule has 0 aliphatic heterocycles. The fourth-order valence-corrected chi connectivity index (χ4v) is 7.63. The average Bonchev–Trinajstić information content (AvgIpc) is 3.92. The summed E-state index contributed by atoms with van der Waals surface area (Å²) in [6, 6.07) is 57.8. The maximum absolute atomic E-state index is 6.91. The van der Waals surface area contributed by atoms with E-state index >= 15 is 0 Å². The number of para-hydroxylation sites is 2. The SMILES string of the molecule is c1ccc(-c2nc(-c3ccccc3)nc(-n3c4ccccc4c4ccc5c(oc6ccc7c(nc(-c8ccccc8)n7-c7ccccc7)c65)c43)n2)cc1. The van der Waals surface area contributed by atoms with Gasteiger partial charge in [-0.05, 0) is 36.4 Å². The predicted octanol–water partition coefficient (Wildman–Crippen LogP) is 11.2. The van der Waals surface area contributed by atoms with Crippen LogP contribution in [0, 0.1) is 0 Å². The zero-order valence-electron chi connectivity index (χ0n) is 28.3. The number of fused-ring (bicyclic) bond motifs is 9. The Kier molecular flexibility index (Phi) is 6.42. The summed E-state index contributed by atoms with van der Waals surface area (Å²) in [5.41, 5.74) is 9.16. The second kappa shape index (κ2) is 11.6. The van der Waals surface area contributed by atoms with Gasteiger partial charge in [-0.1, -0.05) is 133 Å². The number of hydrogen-bond donors (Lipinski definition) is 0. The van der Waals surface area contributed by atoms with E-state index in [1.54, 1.807) is 0 Å². The molecule has 0 saturated carbocycles. The molecule has 0 amide bonds. The van der Waals surface area contributed by atoms with Gasteiger partial charge in [0, 0.05) is 38.5 Å². The van der Waals surface area contributed by atoms with Gasteiger partial charge in [-0.2, -0.15) is 9.97 Å². The van der Waals surface area contributed by atoms with Crippen molar-refractivity contribution in [2.45, 2.75) is 0 Å². The van der Waals surface area contributed by atoms with E-state index in [2.05, 4.69) is 106 Å². The first-order valence-corrected chi connectivity index (χ1v) is 17.6. The van der Waals surface area contributed by atoms with Crippen LogP contribution in [0.3, 0.4) is 0 Å². The first kappa shape index (κ1) is 29.4. The van der Waals surface area contributed by atoms with Crippen molar-refractivity contribution in [1.29, 1.82) is 0 Å². The number of imidazole rings is 1. The first-order valence-electron chi connectivity index (χ1n) is 17.6. The Morgan fingerprint density at radius 2 is 1.00 bits per heavy atom. The van der Waals surface area contributed by atoms with Crippen LogP contribution in [0.2, 0.25) is 0 Å². The van der Waals surface area contributed by atoms with Crippen LogP contribution in [0.1, 0.15) is 0 Å². The average molecular weight is 681 g/mol. The number of aromatic nitrogens is 6. The molecule has 0 aliphatic carbocycles. The van der Waals surface area contributed by atoms with Crippen molar-refractivity contribution in [2.75, 3.05) is 0 Å². The minimum atomic E-state index is 0.515. The normalized spacial score (nSPS) is 11.8. The van der Waals surface area contributed by atoms with Crippen LogP contribution in [0.4, 0.5) is 0 Å². The third-order valence-electron chi connectivity index (χ3n) is 9.99. The third-order valence-corrected chi connectivity index (χ3v) is 9.99. The van der Waals surface area contributed by atoms with Gasteiger partial charge in [0.2, 0.25) is 5.95 Å². The predicted molar refractivity (Wildman–Crippen MR) is 212 cm³/mol. The van der Waals surface area contributed by atoms with Gasteiger partial charge in [0.25, 0.3) is 0 Å². The molecule has 0 N–H and O–H groups in total. The summed E-state index contributed by atoms with van der Waals surface area (Å²) in [6.45, 7) is 0. The molecule has 0 atom stereocenters. The van der Waals surface area contributed by atoms with Gasteiger partial charge in [0.1, 0.15) is 22.4 Å². The molecular weight excluding hydrogens is 653 g/mol. The van der Waals surface area contributed by atoms with Gasteiger partial charge < -0.3 is 4.42 Å². The summed E-state index contributed by atoms with van der Waals surface area (Å²) < 4.78 is 11.3. The van der Waals surface area contributed by atoms with Crippen LogP contribution in [0.25, 0.3) is 101 Å². The lowest BCUT2D eigenvalue weighted by Gasteiger charge is -2.11. The number of rotatable bonds is 5. The van der Waals surface area contributed by atoms with Gasteiger partial charge in [-0.15, -0.1) is 0 Å². The van der Waals surface area contributed by atoms with Gasteiger partial charge in [-0.25, -0.2) is 9.97 Å². The van der Waals surface area contributed by atoms with E-state index in [9.17, 15) is 0 Å². The van der Waals surface area contributed by atoms with Crippen LogP contribution in [-0.2, 0) is 0 Å². The van der Waals surface area contributed by atoms with Crippen molar-refractivity contribution >= 4 is 54.8 Å². The molecule has 0 unspecified atom stereocenters. The summed E-state index contributed by atoms with van der Waals surface area (Å²) in [7, 11) is 0. The fourth-order valence-electron chi connectivity index (χ4n) is 7.63. The van der Waals surface area contributed by atoms with Crippen LogP contribution in [0.5, 0.6) is 0 Å². The highest BCUT2D eigenvalue weighted by molar-refractivity contribution is 6.25. The summed E-state index contributed by atoms with van der Waals surface area (Å²) >= 11 is 0. The Morgan fingerprint density at radius 3 is 1.68 bits per heavy atom. The molecule has 7 heteroatoms. The van der Waals surface area contributed by atoms with E-state index in [-0.39, 0.29) is 0 Å². The quantitative estimate of drug-likeness (QED) is 0.181. The molecule has 4 aromatic heterocycles. The Morgan fingerprint density at radius 1 is 0.415 bits per heavy atom. The van der Waals surface area contributed by atoms with Gasteiger partial charge in [-0.3, -0.25) is 9.13 Å². The van der Waals surface area contributed by atoms with Crippen LogP contribution < -0.4 is 0 Å². The summed E-state index contributed by atoms with van der Waals surface area (Å²) in [5.74, 6) is 2.58. The highest BCUT2D eigenvalue weighted by atomic mass is 16.3. The minimum absolute atomic E-state index is 0.515. The van der Waals surface area contributed by atoms with Crippen molar-refractivity contribution < 1.29 is 4.42 Å². The lowest BCUT2D eigenvalue weighted by molar-refractivity contribution is 0.671. The highest BCUT2D eigenvalue weighted by Gasteiger charge is 2.24. The molecule has 7 nitrogen and oxygen atoms in total. The van der Waals surface area contributed by atoms with Crippen LogP contribution >= 0.6 is 0 Å². The first-order chi connectivity index (χ1) is 26.3. The largest absolute Gasteiger partial charge is 0.454 e. The second-order valence-corrected chi connectivity index (χ2v) is 13.1. The molecule has 0 aliphatic rings. The van der Waals surface area contributed by atoms with E-state index in [0.717, 1.165) is 83.0 Å². The maximum Gasteiger partial charge on any atom is 0.238 e. The molecule has 0 bridgehead atoms. The summed E-state index contributed by atoms with van der Waals surface area (Å²) in [4.78, 5) is 20.6. The molecule has 0 saturated heterocycles. The van der Waals surface area contributed by atoms with Crippen molar-refractivity contribution in [3.8, 4) is 45.8 Å². The van der Waals surface area contributed by atoms with E-state index in [4.69, 9.17) is 24.4 Å². The number of benzene rings is 7. The van der Waals surface area contributed by atoms with E-state index in [0.29, 0.717) is 17.6 Å². The zero-order valence-corrected chi connectivity index (χ0v) is 28.3. The third kappa shape index (κ3) is 4.54. The molecule has 53 heavy (non-hydrogen) atoms. The number of furan rings is 1. The smallest absolute Gasteiger partial charge is 0.238 e. The van der Waals surface area contributed by atoms with Crippen LogP contribution in [-0.4, -0.2) is 29.1 Å².